The molecule has 5 heteroatoms. The number of hydrogen-bond acceptors (Lipinski definition) is 2. The summed E-state index contributed by atoms with van der Waals surface area (Å²) in [5, 5.41) is 0.0294. The summed E-state index contributed by atoms with van der Waals surface area (Å²) < 4.78 is 20.4. The second-order valence-corrected chi connectivity index (χ2v) is 4.82. The molecule has 0 amide bonds. The third kappa shape index (κ3) is 1.40. The molecule has 4 nitrogen and oxygen atoms in total. The minimum absolute atomic E-state index is 0.0294. The Labute approximate surface area is 81.8 Å². The maximum absolute atomic E-state index is 11.2. The highest BCUT2D eigenvalue weighted by Gasteiger charge is 2.10. The van der Waals surface area contributed by atoms with Gasteiger partial charge in [-0.1, -0.05) is 12.1 Å². The van der Waals surface area contributed by atoms with Crippen molar-refractivity contribution in [2.45, 2.75) is 12.1 Å². The van der Waals surface area contributed by atoms with Crippen LogP contribution in [-0.4, -0.2) is 24.6 Å². The van der Waals surface area contributed by atoms with Crippen LogP contribution in [0.25, 0.3) is 11.0 Å². The summed E-state index contributed by atoms with van der Waals surface area (Å²) in [5.74, 6) is 3.16. The molecule has 0 fully saturated rings. The molecule has 1 atom stereocenters. The zero-order valence-electron chi connectivity index (χ0n) is 7.65. The summed E-state index contributed by atoms with van der Waals surface area (Å²) in [6, 6.07) is 5.57. The number of aromatic amines is 1. The molecule has 2 aromatic rings. The van der Waals surface area contributed by atoms with E-state index < -0.39 is 9.80 Å². The minimum atomic E-state index is -3.25. The van der Waals surface area contributed by atoms with Crippen LogP contribution < -0.4 is 0 Å². The molecule has 74 valence electrons. The topological polar surface area (TPSA) is 66.0 Å². The number of hydrogen-bond donors (Lipinski definition) is 2. The average molecular weight is 210 g/mol. The predicted molar refractivity (Wildman–Crippen MR) is 57.0 cm³/mol. The Hall–Kier alpha value is -1.33. The van der Waals surface area contributed by atoms with Crippen LogP contribution in [0.3, 0.4) is 0 Å². The largest absolute Gasteiger partial charge is 0.329 e. The van der Waals surface area contributed by atoms with Crippen molar-refractivity contribution in [2.24, 2.45) is 0 Å². The summed E-state index contributed by atoms with van der Waals surface area (Å²) in [4.78, 5) is 6.82. The van der Waals surface area contributed by atoms with Crippen molar-refractivity contribution in [3.63, 3.8) is 0 Å². The van der Waals surface area contributed by atoms with Gasteiger partial charge in [-0.3, -0.25) is 0 Å². The highest BCUT2D eigenvalue weighted by atomic mass is 32.2. The molecular formula is C9H10N2O2S. The number of rotatable bonds is 1. The van der Waals surface area contributed by atoms with Gasteiger partial charge in [-0.05, 0) is 24.4 Å². The third-order valence-electron chi connectivity index (χ3n) is 1.99. The highest BCUT2D eigenvalue weighted by Crippen LogP contribution is 2.17. The normalized spacial score (nSPS) is 15.6. The van der Waals surface area contributed by atoms with E-state index in [-0.39, 0.29) is 5.16 Å². The van der Waals surface area contributed by atoms with E-state index in [1.807, 2.05) is 25.1 Å². The van der Waals surface area contributed by atoms with Crippen molar-refractivity contribution in [3.8, 4) is 0 Å². The molecule has 0 bridgehead atoms. The number of para-hydroxylation sites is 1. The SMILES string of the molecule is C=S(=O)(O)c1nc2c(C)cccc2[nH]1. The lowest BCUT2D eigenvalue weighted by Gasteiger charge is -1.92. The van der Waals surface area contributed by atoms with E-state index >= 15 is 0 Å². The molecule has 14 heavy (non-hydrogen) atoms. The summed E-state index contributed by atoms with van der Waals surface area (Å²) in [5.41, 5.74) is 2.44. The Morgan fingerprint density at radius 1 is 1.57 bits per heavy atom. The van der Waals surface area contributed by atoms with Crippen LogP contribution in [0.4, 0.5) is 0 Å². The van der Waals surface area contributed by atoms with Gasteiger partial charge in [-0.2, -0.15) is 0 Å². The summed E-state index contributed by atoms with van der Waals surface area (Å²) in [7, 11) is -3.25. The van der Waals surface area contributed by atoms with Gasteiger partial charge in [0.25, 0.3) is 0 Å². The first-order valence-electron chi connectivity index (χ1n) is 4.03. The van der Waals surface area contributed by atoms with E-state index in [1.165, 1.54) is 0 Å². The van der Waals surface area contributed by atoms with Crippen molar-refractivity contribution in [1.82, 2.24) is 9.97 Å². The van der Waals surface area contributed by atoms with Crippen molar-refractivity contribution in [2.75, 3.05) is 0 Å². The maximum Gasteiger partial charge on any atom is 0.214 e. The van der Waals surface area contributed by atoms with Crippen LogP contribution in [0.5, 0.6) is 0 Å². The lowest BCUT2D eigenvalue weighted by atomic mass is 10.2. The minimum Gasteiger partial charge on any atom is -0.329 e. The summed E-state index contributed by atoms with van der Waals surface area (Å²) in [6.45, 7) is 1.90. The monoisotopic (exact) mass is 210 g/mol. The Balaban J connectivity index is 2.81. The van der Waals surface area contributed by atoms with E-state index in [0.29, 0.717) is 5.52 Å². The number of aromatic nitrogens is 2. The van der Waals surface area contributed by atoms with Crippen LogP contribution in [0, 0.1) is 6.92 Å². The van der Waals surface area contributed by atoms with Gasteiger partial charge in [0.2, 0.25) is 5.16 Å². The van der Waals surface area contributed by atoms with Crippen LogP contribution in [0.1, 0.15) is 5.56 Å². The number of aryl methyl sites for hydroxylation is 1. The van der Waals surface area contributed by atoms with Gasteiger partial charge in [-0.25, -0.2) is 9.19 Å². The molecular weight excluding hydrogens is 200 g/mol. The molecule has 0 saturated heterocycles. The lowest BCUT2D eigenvalue weighted by molar-refractivity contribution is 0.553. The molecule has 0 spiro atoms. The molecule has 0 aliphatic carbocycles. The molecule has 2 rings (SSSR count). The first-order chi connectivity index (χ1) is 6.48. The molecule has 1 heterocycles. The van der Waals surface area contributed by atoms with Gasteiger partial charge >= 0.3 is 0 Å². The molecule has 1 unspecified atom stereocenters. The van der Waals surface area contributed by atoms with Crippen molar-refractivity contribution in [3.05, 3.63) is 23.8 Å². The quantitative estimate of drug-likeness (QED) is 0.699. The van der Waals surface area contributed by atoms with Gasteiger partial charge in [0, 0.05) is 0 Å². The van der Waals surface area contributed by atoms with Gasteiger partial charge < -0.3 is 9.54 Å². The van der Waals surface area contributed by atoms with Gasteiger partial charge in [0.15, 0.2) is 0 Å². The molecule has 2 N–H and O–H groups in total. The smallest absolute Gasteiger partial charge is 0.214 e. The number of benzene rings is 1. The predicted octanol–water partition coefficient (Wildman–Crippen LogP) is 1.42. The Kier molecular flexibility index (Phi) is 1.87. The van der Waals surface area contributed by atoms with E-state index in [0.717, 1.165) is 11.1 Å². The Morgan fingerprint density at radius 2 is 2.29 bits per heavy atom. The molecule has 0 aliphatic heterocycles. The number of nitrogens with one attached hydrogen (secondary N) is 1. The van der Waals surface area contributed by atoms with Crippen molar-refractivity contribution >= 4 is 26.7 Å². The van der Waals surface area contributed by atoms with E-state index in [2.05, 4.69) is 15.8 Å². The second kappa shape index (κ2) is 2.83. The van der Waals surface area contributed by atoms with Crippen LogP contribution >= 0.6 is 0 Å². The first kappa shape index (κ1) is 9.23. The number of fused-ring (bicyclic) bond motifs is 1. The van der Waals surface area contributed by atoms with E-state index in [9.17, 15) is 8.76 Å². The zero-order valence-corrected chi connectivity index (χ0v) is 8.47. The molecule has 0 radical (unpaired) electrons. The van der Waals surface area contributed by atoms with E-state index in [1.54, 1.807) is 0 Å². The van der Waals surface area contributed by atoms with Crippen molar-refractivity contribution in [1.29, 1.82) is 0 Å². The fourth-order valence-electron chi connectivity index (χ4n) is 1.30. The van der Waals surface area contributed by atoms with Gasteiger partial charge in [0.05, 0.1) is 11.0 Å². The Morgan fingerprint density at radius 3 is 2.86 bits per heavy atom. The highest BCUT2D eigenvalue weighted by molar-refractivity contribution is 7.94. The fourth-order valence-corrected chi connectivity index (χ4v) is 1.81. The molecule has 1 aromatic carbocycles. The standard InChI is InChI=1S/C9H10N2O2S/c1-6-4-3-5-7-8(6)11-9(10-7)14(2,12)13/h3-5H,2H2,1H3,(H,10,11)(H,12,13). The van der Waals surface area contributed by atoms with E-state index in [4.69, 9.17) is 0 Å². The molecule has 1 aromatic heterocycles. The number of H-pyrrole nitrogens is 1. The van der Waals surface area contributed by atoms with Gasteiger partial charge in [-0.15, -0.1) is 0 Å². The maximum atomic E-state index is 11.2. The number of nitrogens with zero attached hydrogens (tertiary/aromatic N) is 1. The summed E-state index contributed by atoms with van der Waals surface area (Å²) in [6.07, 6.45) is 0. The second-order valence-electron chi connectivity index (χ2n) is 3.15. The van der Waals surface area contributed by atoms with Gasteiger partial charge in [0.1, 0.15) is 9.80 Å². The lowest BCUT2D eigenvalue weighted by Crippen LogP contribution is -1.99. The zero-order chi connectivity index (χ0) is 10.3. The summed E-state index contributed by atoms with van der Waals surface area (Å²) >= 11 is 0. The number of imidazole rings is 1. The fraction of sp³-hybridized carbons (Fsp3) is 0.111. The first-order valence-corrected chi connectivity index (χ1v) is 5.72. The molecule has 0 aliphatic rings. The van der Waals surface area contributed by atoms with Crippen LogP contribution in [-0.2, 0) is 9.80 Å². The van der Waals surface area contributed by atoms with Crippen molar-refractivity contribution < 1.29 is 8.76 Å². The van der Waals surface area contributed by atoms with Crippen LogP contribution in [0.2, 0.25) is 0 Å². The third-order valence-corrected chi connectivity index (χ3v) is 2.79. The molecule has 0 saturated carbocycles. The Bertz CT molecular complexity index is 584. The average Bonchev–Trinajstić information content (AvgIpc) is 2.48. The van der Waals surface area contributed by atoms with Crippen LogP contribution in [0.15, 0.2) is 23.4 Å².